The number of hydrogen-bond acceptors (Lipinski definition) is 2. The Kier molecular flexibility index (Phi) is 3.60. The molecule has 1 aliphatic heterocycles. The smallest absolute Gasteiger partial charge is 0.139 e. The minimum atomic E-state index is 0.684. The minimum Gasteiger partial charge on any atom is -0.345 e. The molecule has 0 saturated carbocycles. The molecule has 1 aromatic carbocycles. The first-order valence-electron chi connectivity index (χ1n) is 7.75. The number of rotatable bonds is 2. The van der Waals surface area contributed by atoms with E-state index in [9.17, 15) is 0 Å². The van der Waals surface area contributed by atoms with E-state index in [1.165, 1.54) is 24.0 Å². The van der Waals surface area contributed by atoms with Gasteiger partial charge in [0.15, 0.2) is 0 Å². The van der Waals surface area contributed by atoms with Gasteiger partial charge < -0.3 is 10.3 Å². The number of fused-ring (bicyclic) bond motifs is 1. The molecule has 4 rings (SSSR count). The maximum absolute atomic E-state index is 6.30. The summed E-state index contributed by atoms with van der Waals surface area (Å²) in [4.78, 5) is 7.44. The summed E-state index contributed by atoms with van der Waals surface area (Å²) in [6.07, 6.45) is 6.07. The van der Waals surface area contributed by atoms with Gasteiger partial charge in [0, 0.05) is 17.8 Å². The monoisotopic (exact) mass is 311 g/mol. The van der Waals surface area contributed by atoms with E-state index in [2.05, 4.69) is 39.6 Å². The first kappa shape index (κ1) is 13.8. The maximum atomic E-state index is 6.30. The van der Waals surface area contributed by atoms with Gasteiger partial charge >= 0.3 is 0 Å². The van der Waals surface area contributed by atoms with Gasteiger partial charge in [-0.2, -0.15) is 0 Å². The molecule has 0 unspecified atom stereocenters. The van der Waals surface area contributed by atoms with Crippen molar-refractivity contribution in [1.29, 1.82) is 0 Å². The summed E-state index contributed by atoms with van der Waals surface area (Å²) in [7, 11) is 0. The van der Waals surface area contributed by atoms with Gasteiger partial charge in [0.1, 0.15) is 5.65 Å². The highest BCUT2D eigenvalue weighted by Crippen LogP contribution is 2.34. The summed E-state index contributed by atoms with van der Waals surface area (Å²) in [6.45, 7) is 2.24. The molecule has 1 saturated heterocycles. The fourth-order valence-electron chi connectivity index (χ4n) is 3.35. The molecule has 4 heteroatoms. The molecule has 3 aromatic rings. The number of aromatic amines is 1. The predicted octanol–water partition coefficient (Wildman–Crippen LogP) is 4.35. The molecular formula is C18H18ClN3. The first-order chi connectivity index (χ1) is 10.8. The second-order valence-electron chi connectivity index (χ2n) is 5.87. The second-order valence-corrected chi connectivity index (χ2v) is 6.27. The van der Waals surface area contributed by atoms with E-state index in [0.29, 0.717) is 5.92 Å². The molecule has 0 amide bonds. The summed E-state index contributed by atoms with van der Waals surface area (Å²) >= 11 is 6.30. The van der Waals surface area contributed by atoms with Crippen molar-refractivity contribution < 1.29 is 0 Å². The molecule has 2 N–H and O–H groups in total. The van der Waals surface area contributed by atoms with Gasteiger partial charge in [-0.05, 0) is 54.6 Å². The lowest BCUT2D eigenvalue weighted by Gasteiger charge is -2.23. The van der Waals surface area contributed by atoms with E-state index >= 15 is 0 Å². The molecule has 0 atom stereocenters. The average Bonchev–Trinajstić information content (AvgIpc) is 2.97. The van der Waals surface area contributed by atoms with Crippen LogP contribution in [0.15, 0.2) is 42.7 Å². The summed E-state index contributed by atoms with van der Waals surface area (Å²) in [5.74, 6) is 0.684. The lowest BCUT2D eigenvalue weighted by atomic mass is 9.89. The van der Waals surface area contributed by atoms with E-state index in [0.717, 1.165) is 34.7 Å². The summed E-state index contributed by atoms with van der Waals surface area (Å²) in [6, 6.07) is 11.0. The van der Waals surface area contributed by atoms with Crippen LogP contribution in [-0.2, 0) is 0 Å². The lowest BCUT2D eigenvalue weighted by molar-refractivity contribution is 0.460. The molecular weight excluding hydrogens is 294 g/mol. The molecule has 2 aromatic heterocycles. The summed E-state index contributed by atoms with van der Waals surface area (Å²) in [5, 5.41) is 5.14. The van der Waals surface area contributed by atoms with Gasteiger partial charge in [-0.1, -0.05) is 35.9 Å². The van der Waals surface area contributed by atoms with Crippen molar-refractivity contribution in [3.05, 3.63) is 53.3 Å². The second kappa shape index (κ2) is 5.75. The molecule has 0 aliphatic carbocycles. The Morgan fingerprint density at radius 2 is 1.82 bits per heavy atom. The zero-order valence-corrected chi connectivity index (χ0v) is 13.0. The Balaban J connectivity index is 1.71. The number of aromatic nitrogens is 2. The third-order valence-electron chi connectivity index (χ3n) is 4.56. The van der Waals surface area contributed by atoms with Crippen molar-refractivity contribution in [1.82, 2.24) is 15.3 Å². The minimum absolute atomic E-state index is 0.684. The molecule has 1 aliphatic rings. The van der Waals surface area contributed by atoms with Crippen LogP contribution in [0.5, 0.6) is 0 Å². The molecule has 22 heavy (non-hydrogen) atoms. The van der Waals surface area contributed by atoms with Crippen molar-refractivity contribution >= 4 is 22.6 Å². The first-order valence-corrected chi connectivity index (χ1v) is 8.13. The summed E-state index contributed by atoms with van der Waals surface area (Å²) < 4.78 is 0. The Bertz CT molecular complexity index is 786. The third-order valence-corrected chi connectivity index (χ3v) is 4.86. The highest BCUT2D eigenvalue weighted by Gasteiger charge is 2.15. The van der Waals surface area contributed by atoms with E-state index in [1.807, 2.05) is 12.3 Å². The van der Waals surface area contributed by atoms with Crippen molar-refractivity contribution in [2.45, 2.75) is 18.8 Å². The van der Waals surface area contributed by atoms with Crippen LogP contribution in [0.3, 0.4) is 0 Å². The predicted molar refractivity (Wildman–Crippen MR) is 91.4 cm³/mol. The van der Waals surface area contributed by atoms with Gasteiger partial charge in [0.05, 0.1) is 5.02 Å². The average molecular weight is 312 g/mol. The zero-order valence-electron chi connectivity index (χ0n) is 12.3. The Hall–Kier alpha value is -1.84. The topological polar surface area (TPSA) is 40.7 Å². The van der Waals surface area contributed by atoms with Crippen LogP contribution in [0, 0.1) is 0 Å². The molecule has 0 spiro atoms. The Morgan fingerprint density at radius 3 is 2.59 bits per heavy atom. The number of piperidine rings is 1. The van der Waals surface area contributed by atoms with Crippen molar-refractivity contribution in [2.75, 3.05) is 13.1 Å². The fourth-order valence-corrected chi connectivity index (χ4v) is 3.59. The number of halogens is 1. The van der Waals surface area contributed by atoms with Gasteiger partial charge in [0.25, 0.3) is 0 Å². The van der Waals surface area contributed by atoms with Crippen LogP contribution in [0.4, 0.5) is 0 Å². The number of nitrogens with one attached hydrogen (secondary N) is 2. The van der Waals surface area contributed by atoms with E-state index in [1.54, 1.807) is 6.20 Å². The normalized spacial score (nSPS) is 16.2. The van der Waals surface area contributed by atoms with Gasteiger partial charge in [0.2, 0.25) is 0 Å². The van der Waals surface area contributed by atoms with Crippen LogP contribution in [0.1, 0.15) is 24.3 Å². The third kappa shape index (κ3) is 2.40. The number of nitrogens with zero attached hydrogens (tertiary/aromatic N) is 1. The maximum Gasteiger partial charge on any atom is 0.139 e. The van der Waals surface area contributed by atoms with Gasteiger partial charge in [-0.15, -0.1) is 0 Å². The number of H-pyrrole nitrogens is 1. The quantitative estimate of drug-likeness (QED) is 0.738. The van der Waals surface area contributed by atoms with Gasteiger partial charge in [-0.3, -0.25) is 0 Å². The molecule has 3 heterocycles. The molecule has 112 valence electrons. The summed E-state index contributed by atoms with van der Waals surface area (Å²) in [5.41, 5.74) is 4.60. The standard InChI is InChI=1S/C18H18ClN3/c19-16-11-22-18-17(16)15(7-10-21-18)14-3-1-12(2-4-14)13-5-8-20-9-6-13/h1-4,7,10-11,13,20H,5-6,8-9H2,(H,21,22). The highest BCUT2D eigenvalue weighted by molar-refractivity contribution is 6.36. The van der Waals surface area contributed by atoms with Crippen LogP contribution >= 0.6 is 11.6 Å². The Morgan fingerprint density at radius 1 is 1.05 bits per heavy atom. The highest BCUT2D eigenvalue weighted by atomic mass is 35.5. The number of hydrogen-bond donors (Lipinski definition) is 2. The zero-order chi connectivity index (χ0) is 14.9. The van der Waals surface area contributed by atoms with E-state index < -0.39 is 0 Å². The van der Waals surface area contributed by atoms with Gasteiger partial charge in [-0.25, -0.2) is 4.98 Å². The van der Waals surface area contributed by atoms with Crippen LogP contribution < -0.4 is 5.32 Å². The van der Waals surface area contributed by atoms with Crippen molar-refractivity contribution in [3.8, 4) is 11.1 Å². The SMILES string of the molecule is Clc1c[nH]c2nccc(-c3ccc(C4CCNCC4)cc3)c12. The van der Waals surface area contributed by atoms with E-state index in [4.69, 9.17) is 11.6 Å². The molecule has 1 fully saturated rings. The van der Waals surface area contributed by atoms with Crippen LogP contribution in [0.25, 0.3) is 22.2 Å². The van der Waals surface area contributed by atoms with E-state index in [-0.39, 0.29) is 0 Å². The lowest BCUT2D eigenvalue weighted by Crippen LogP contribution is -2.26. The Labute approximate surface area is 134 Å². The molecule has 3 nitrogen and oxygen atoms in total. The largest absolute Gasteiger partial charge is 0.345 e. The number of pyridine rings is 1. The number of benzene rings is 1. The van der Waals surface area contributed by atoms with Crippen molar-refractivity contribution in [2.24, 2.45) is 0 Å². The fraction of sp³-hybridized carbons (Fsp3) is 0.278. The molecule has 0 radical (unpaired) electrons. The van der Waals surface area contributed by atoms with Crippen LogP contribution in [-0.4, -0.2) is 23.1 Å². The van der Waals surface area contributed by atoms with Crippen molar-refractivity contribution in [3.63, 3.8) is 0 Å². The molecule has 0 bridgehead atoms. The van der Waals surface area contributed by atoms with Crippen LogP contribution in [0.2, 0.25) is 5.02 Å².